The SMILES string of the molecule is CC(C)c1cc(C(C)(C)C)cc(-c2ccc(F)cc2)c1C=O. The van der Waals surface area contributed by atoms with Crippen LogP contribution < -0.4 is 0 Å². The first-order valence-electron chi connectivity index (χ1n) is 7.63. The molecule has 0 saturated carbocycles. The Morgan fingerprint density at radius 1 is 1.05 bits per heavy atom. The Labute approximate surface area is 132 Å². The van der Waals surface area contributed by atoms with Crippen molar-refractivity contribution in [1.82, 2.24) is 0 Å². The zero-order valence-electron chi connectivity index (χ0n) is 13.9. The van der Waals surface area contributed by atoms with Crippen LogP contribution in [0.4, 0.5) is 4.39 Å². The normalized spacial score (nSPS) is 11.8. The van der Waals surface area contributed by atoms with Gasteiger partial charge in [0.1, 0.15) is 5.82 Å². The fraction of sp³-hybridized carbons (Fsp3) is 0.350. The lowest BCUT2D eigenvalue weighted by atomic mass is 9.80. The van der Waals surface area contributed by atoms with Crippen molar-refractivity contribution in [2.75, 3.05) is 0 Å². The number of carbonyl (C=O) groups excluding carboxylic acids is 1. The highest BCUT2D eigenvalue weighted by molar-refractivity contribution is 5.90. The van der Waals surface area contributed by atoms with Crippen molar-refractivity contribution in [2.45, 2.75) is 46.0 Å². The maximum Gasteiger partial charge on any atom is 0.150 e. The number of carbonyl (C=O) groups is 1. The first-order valence-corrected chi connectivity index (χ1v) is 7.63. The minimum Gasteiger partial charge on any atom is -0.298 e. The highest BCUT2D eigenvalue weighted by atomic mass is 19.1. The quantitative estimate of drug-likeness (QED) is 0.662. The van der Waals surface area contributed by atoms with Crippen LogP contribution in [-0.4, -0.2) is 6.29 Å². The number of halogens is 1. The third kappa shape index (κ3) is 3.27. The summed E-state index contributed by atoms with van der Waals surface area (Å²) in [6, 6.07) is 10.5. The second kappa shape index (κ2) is 6.04. The molecular formula is C20H23FO. The van der Waals surface area contributed by atoms with Gasteiger partial charge in [0.05, 0.1) is 0 Å². The molecule has 2 aromatic rings. The van der Waals surface area contributed by atoms with Crippen LogP contribution in [0, 0.1) is 5.82 Å². The van der Waals surface area contributed by atoms with Crippen LogP contribution in [0.5, 0.6) is 0 Å². The predicted octanol–water partition coefficient (Wildman–Crippen LogP) is 5.73. The summed E-state index contributed by atoms with van der Waals surface area (Å²) in [7, 11) is 0. The topological polar surface area (TPSA) is 17.1 Å². The maximum atomic E-state index is 13.2. The van der Waals surface area contributed by atoms with Crippen LogP contribution in [0.1, 0.15) is 62.0 Å². The van der Waals surface area contributed by atoms with Crippen molar-refractivity contribution >= 4 is 6.29 Å². The molecule has 0 fully saturated rings. The van der Waals surface area contributed by atoms with Gasteiger partial charge in [0.2, 0.25) is 0 Å². The van der Waals surface area contributed by atoms with Crippen molar-refractivity contribution in [3.63, 3.8) is 0 Å². The number of aldehydes is 1. The molecule has 2 heteroatoms. The average molecular weight is 298 g/mol. The van der Waals surface area contributed by atoms with Gasteiger partial charge in [0.25, 0.3) is 0 Å². The van der Waals surface area contributed by atoms with E-state index in [1.165, 1.54) is 17.7 Å². The summed E-state index contributed by atoms with van der Waals surface area (Å²) in [4.78, 5) is 11.7. The molecule has 0 amide bonds. The molecule has 0 aliphatic carbocycles. The number of benzene rings is 2. The molecule has 0 aromatic heterocycles. The summed E-state index contributed by atoms with van der Waals surface area (Å²) in [6.45, 7) is 10.6. The van der Waals surface area contributed by atoms with Gasteiger partial charge in [-0.05, 0) is 51.8 Å². The van der Waals surface area contributed by atoms with Crippen molar-refractivity contribution < 1.29 is 9.18 Å². The predicted molar refractivity (Wildman–Crippen MR) is 90.0 cm³/mol. The Balaban J connectivity index is 2.77. The summed E-state index contributed by atoms with van der Waals surface area (Å²) in [6.07, 6.45) is 0.917. The molecule has 0 aliphatic heterocycles. The van der Waals surface area contributed by atoms with Gasteiger partial charge >= 0.3 is 0 Å². The van der Waals surface area contributed by atoms with E-state index in [0.29, 0.717) is 5.56 Å². The van der Waals surface area contributed by atoms with E-state index in [2.05, 4.69) is 46.8 Å². The Morgan fingerprint density at radius 3 is 2.09 bits per heavy atom. The smallest absolute Gasteiger partial charge is 0.150 e. The molecule has 0 radical (unpaired) electrons. The van der Waals surface area contributed by atoms with E-state index in [1.54, 1.807) is 12.1 Å². The summed E-state index contributed by atoms with van der Waals surface area (Å²) in [5.41, 5.74) is 4.67. The molecule has 0 saturated heterocycles. The highest BCUT2D eigenvalue weighted by Gasteiger charge is 2.20. The maximum absolute atomic E-state index is 13.2. The Bertz CT molecular complexity index is 676. The fourth-order valence-electron chi connectivity index (χ4n) is 2.59. The summed E-state index contributed by atoms with van der Waals surface area (Å²) >= 11 is 0. The van der Waals surface area contributed by atoms with E-state index >= 15 is 0 Å². The Kier molecular flexibility index (Phi) is 4.50. The molecule has 0 spiro atoms. The fourth-order valence-corrected chi connectivity index (χ4v) is 2.59. The highest BCUT2D eigenvalue weighted by Crippen LogP contribution is 2.35. The minimum absolute atomic E-state index is 0.0141. The van der Waals surface area contributed by atoms with Crippen LogP contribution >= 0.6 is 0 Å². The second-order valence-electron chi connectivity index (χ2n) is 7.06. The van der Waals surface area contributed by atoms with Crippen molar-refractivity contribution in [3.8, 4) is 11.1 Å². The molecule has 22 heavy (non-hydrogen) atoms. The van der Waals surface area contributed by atoms with E-state index in [-0.39, 0.29) is 17.2 Å². The lowest BCUT2D eigenvalue weighted by molar-refractivity contribution is 0.112. The van der Waals surface area contributed by atoms with Crippen molar-refractivity contribution in [3.05, 3.63) is 58.9 Å². The van der Waals surface area contributed by atoms with Gasteiger partial charge < -0.3 is 0 Å². The standard InChI is InChI=1S/C20H23FO/c1-13(2)17-10-15(20(3,4)5)11-18(19(17)12-22)14-6-8-16(21)9-7-14/h6-13H,1-5H3. The van der Waals surface area contributed by atoms with E-state index in [9.17, 15) is 9.18 Å². The van der Waals surface area contributed by atoms with Gasteiger partial charge in [-0.25, -0.2) is 4.39 Å². The number of hydrogen-bond acceptors (Lipinski definition) is 1. The van der Waals surface area contributed by atoms with E-state index in [1.807, 2.05) is 0 Å². The first kappa shape index (κ1) is 16.4. The van der Waals surface area contributed by atoms with Crippen LogP contribution in [0.25, 0.3) is 11.1 Å². The van der Waals surface area contributed by atoms with Crippen LogP contribution in [-0.2, 0) is 5.41 Å². The lowest BCUT2D eigenvalue weighted by Gasteiger charge is -2.24. The van der Waals surface area contributed by atoms with Gasteiger partial charge in [-0.3, -0.25) is 4.79 Å². The largest absolute Gasteiger partial charge is 0.298 e. The molecule has 2 rings (SSSR count). The van der Waals surface area contributed by atoms with E-state index in [0.717, 1.165) is 23.0 Å². The van der Waals surface area contributed by atoms with Crippen LogP contribution in [0.2, 0.25) is 0 Å². The van der Waals surface area contributed by atoms with E-state index in [4.69, 9.17) is 0 Å². The van der Waals surface area contributed by atoms with Crippen molar-refractivity contribution in [2.24, 2.45) is 0 Å². The zero-order chi connectivity index (χ0) is 16.5. The Morgan fingerprint density at radius 2 is 1.64 bits per heavy atom. The molecule has 0 atom stereocenters. The lowest BCUT2D eigenvalue weighted by Crippen LogP contribution is -2.13. The van der Waals surface area contributed by atoms with Gasteiger partial charge in [-0.15, -0.1) is 0 Å². The van der Waals surface area contributed by atoms with E-state index < -0.39 is 0 Å². The minimum atomic E-state index is -0.271. The Hall–Kier alpha value is -1.96. The van der Waals surface area contributed by atoms with Gasteiger partial charge in [-0.1, -0.05) is 52.8 Å². The first-order chi connectivity index (χ1) is 10.2. The average Bonchev–Trinajstić information content (AvgIpc) is 2.45. The molecule has 2 aromatic carbocycles. The third-order valence-electron chi connectivity index (χ3n) is 3.97. The number of hydrogen-bond donors (Lipinski definition) is 0. The summed E-state index contributed by atoms with van der Waals surface area (Å²) in [5, 5.41) is 0. The van der Waals surface area contributed by atoms with Crippen LogP contribution in [0.15, 0.2) is 36.4 Å². The molecule has 0 bridgehead atoms. The summed E-state index contributed by atoms with van der Waals surface area (Å²) < 4.78 is 13.2. The second-order valence-corrected chi connectivity index (χ2v) is 7.06. The monoisotopic (exact) mass is 298 g/mol. The van der Waals surface area contributed by atoms with Gasteiger partial charge in [0, 0.05) is 5.56 Å². The van der Waals surface area contributed by atoms with Gasteiger partial charge in [-0.2, -0.15) is 0 Å². The van der Waals surface area contributed by atoms with Crippen molar-refractivity contribution in [1.29, 1.82) is 0 Å². The van der Waals surface area contributed by atoms with Gasteiger partial charge in [0.15, 0.2) is 6.29 Å². The molecule has 0 unspecified atom stereocenters. The summed E-state index contributed by atoms with van der Waals surface area (Å²) in [5.74, 6) is -0.0193. The molecule has 0 N–H and O–H groups in total. The molecular weight excluding hydrogens is 275 g/mol. The molecule has 0 aliphatic rings. The zero-order valence-corrected chi connectivity index (χ0v) is 13.9. The molecule has 0 heterocycles. The molecule has 116 valence electrons. The van der Waals surface area contributed by atoms with Crippen LogP contribution in [0.3, 0.4) is 0 Å². The molecule has 1 nitrogen and oxygen atoms in total. The third-order valence-corrected chi connectivity index (χ3v) is 3.97. The number of rotatable bonds is 3.